The molecular weight excluding hydrogens is 360 g/mol. The van der Waals surface area contributed by atoms with E-state index in [4.69, 9.17) is 4.98 Å². The first-order chi connectivity index (χ1) is 13.6. The quantitative estimate of drug-likeness (QED) is 0.489. The number of imidazole rings is 1. The fourth-order valence-electron chi connectivity index (χ4n) is 3.41. The van der Waals surface area contributed by atoms with E-state index in [-0.39, 0.29) is 5.69 Å². The van der Waals surface area contributed by atoms with Crippen molar-refractivity contribution in [2.75, 3.05) is 7.05 Å². The zero-order chi connectivity index (χ0) is 19.7. The number of rotatable bonds is 5. The third-order valence-electron chi connectivity index (χ3n) is 4.64. The molecule has 0 saturated heterocycles. The van der Waals surface area contributed by atoms with Gasteiger partial charge in [0, 0.05) is 38.5 Å². The Bertz CT molecular complexity index is 1170. The normalized spacial score (nSPS) is 11.7. The number of hydrogen-bond donors (Lipinski definition) is 0. The highest BCUT2D eigenvalue weighted by atomic mass is 19.1. The van der Waals surface area contributed by atoms with Gasteiger partial charge in [0.05, 0.1) is 16.7 Å². The SMILES string of the molecule is CCn1c(Cc2ccnn2-c2cc(F)ccc2F)nc2cc(C=NC)ccc21. The molecule has 0 amide bonds. The smallest absolute Gasteiger partial charge is 0.149 e. The van der Waals surface area contributed by atoms with Gasteiger partial charge in [0.15, 0.2) is 0 Å². The monoisotopic (exact) mass is 379 g/mol. The molecule has 28 heavy (non-hydrogen) atoms. The van der Waals surface area contributed by atoms with Gasteiger partial charge in [-0.3, -0.25) is 4.99 Å². The molecule has 4 aromatic rings. The number of aliphatic imine (C=N–C) groups is 1. The summed E-state index contributed by atoms with van der Waals surface area (Å²) in [5.74, 6) is -0.204. The Morgan fingerprint density at radius 2 is 1.96 bits per heavy atom. The summed E-state index contributed by atoms with van der Waals surface area (Å²) in [4.78, 5) is 8.81. The second-order valence-corrected chi connectivity index (χ2v) is 6.41. The predicted molar refractivity (Wildman–Crippen MR) is 105 cm³/mol. The molecule has 0 fully saturated rings. The number of aromatic nitrogens is 4. The van der Waals surface area contributed by atoms with Crippen LogP contribution in [0.5, 0.6) is 0 Å². The number of benzene rings is 2. The van der Waals surface area contributed by atoms with Gasteiger partial charge in [-0.25, -0.2) is 18.4 Å². The summed E-state index contributed by atoms with van der Waals surface area (Å²) in [7, 11) is 1.73. The molecule has 0 aliphatic carbocycles. The summed E-state index contributed by atoms with van der Waals surface area (Å²) in [6, 6.07) is 11.1. The molecule has 0 spiro atoms. The summed E-state index contributed by atoms with van der Waals surface area (Å²) < 4.78 is 31.4. The van der Waals surface area contributed by atoms with Crippen LogP contribution in [0.25, 0.3) is 16.7 Å². The predicted octanol–water partition coefficient (Wildman–Crippen LogP) is 4.16. The van der Waals surface area contributed by atoms with Gasteiger partial charge in [0.1, 0.15) is 23.1 Å². The molecule has 0 radical (unpaired) electrons. The maximum absolute atomic E-state index is 14.2. The molecule has 0 N–H and O–H groups in total. The molecule has 2 heterocycles. The van der Waals surface area contributed by atoms with Crippen molar-refractivity contribution in [2.45, 2.75) is 19.9 Å². The molecule has 142 valence electrons. The first-order valence-corrected chi connectivity index (χ1v) is 9.00. The molecule has 7 heteroatoms. The Morgan fingerprint density at radius 3 is 2.75 bits per heavy atom. The highest BCUT2D eigenvalue weighted by molar-refractivity contribution is 5.87. The van der Waals surface area contributed by atoms with Gasteiger partial charge in [0.25, 0.3) is 0 Å². The maximum atomic E-state index is 14.2. The minimum Gasteiger partial charge on any atom is -0.328 e. The first kappa shape index (κ1) is 18.0. The van der Waals surface area contributed by atoms with Crippen molar-refractivity contribution in [3.8, 4) is 5.69 Å². The van der Waals surface area contributed by atoms with Crippen LogP contribution in [-0.2, 0) is 13.0 Å². The average molecular weight is 379 g/mol. The van der Waals surface area contributed by atoms with Crippen LogP contribution >= 0.6 is 0 Å². The highest BCUT2D eigenvalue weighted by Gasteiger charge is 2.16. The van der Waals surface area contributed by atoms with Crippen molar-refractivity contribution in [1.82, 2.24) is 19.3 Å². The van der Waals surface area contributed by atoms with Crippen LogP contribution in [0, 0.1) is 11.6 Å². The summed E-state index contributed by atoms with van der Waals surface area (Å²) >= 11 is 0. The molecule has 0 unspecified atom stereocenters. The van der Waals surface area contributed by atoms with Crippen molar-refractivity contribution in [1.29, 1.82) is 0 Å². The van der Waals surface area contributed by atoms with E-state index in [0.29, 0.717) is 6.42 Å². The Balaban J connectivity index is 1.77. The van der Waals surface area contributed by atoms with E-state index in [1.807, 2.05) is 18.2 Å². The van der Waals surface area contributed by atoms with Gasteiger partial charge < -0.3 is 4.57 Å². The molecule has 2 aromatic heterocycles. The van der Waals surface area contributed by atoms with Crippen LogP contribution in [0.2, 0.25) is 0 Å². The second kappa shape index (κ2) is 7.34. The van der Waals surface area contributed by atoms with E-state index in [1.165, 1.54) is 4.68 Å². The lowest BCUT2D eigenvalue weighted by Crippen LogP contribution is -2.09. The van der Waals surface area contributed by atoms with Crippen LogP contribution in [0.3, 0.4) is 0 Å². The number of hydrogen-bond acceptors (Lipinski definition) is 3. The van der Waals surface area contributed by atoms with E-state index >= 15 is 0 Å². The summed E-state index contributed by atoms with van der Waals surface area (Å²) in [5, 5.41) is 4.19. The highest BCUT2D eigenvalue weighted by Crippen LogP contribution is 2.22. The summed E-state index contributed by atoms with van der Waals surface area (Å²) in [6.07, 6.45) is 3.80. The van der Waals surface area contributed by atoms with Crippen molar-refractivity contribution >= 4 is 17.2 Å². The van der Waals surface area contributed by atoms with Crippen molar-refractivity contribution < 1.29 is 8.78 Å². The second-order valence-electron chi connectivity index (χ2n) is 6.41. The molecule has 0 aliphatic rings. The van der Waals surface area contributed by atoms with Crippen LogP contribution in [0.15, 0.2) is 53.7 Å². The topological polar surface area (TPSA) is 48.0 Å². The molecular formula is C21H19F2N5. The lowest BCUT2D eigenvalue weighted by Gasteiger charge is -2.10. The van der Waals surface area contributed by atoms with Crippen molar-refractivity contribution in [3.63, 3.8) is 0 Å². The summed E-state index contributed by atoms with van der Waals surface area (Å²) in [6.45, 7) is 2.80. The molecule has 2 aromatic carbocycles. The van der Waals surface area contributed by atoms with E-state index < -0.39 is 11.6 Å². The van der Waals surface area contributed by atoms with Gasteiger partial charge in [-0.1, -0.05) is 6.07 Å². The maximum Gasteiger partial charge on any atom is 0.149 e. The molecule has 5 nitrogen and oxygen atoms in total. The fourth-order valence-corrected chi connectivity index (χ4v) is 3.41. The molecule has 0 aliphatic heterocycles. The largest absolute Gasteiger partial charge is 0.328 e. The van der Waals surface area contributed by atoms with Crippen LogP contribution in [0.1, 0.15) is 24.0 Å². The Kier molecular flexibility index (Phi) is 4.73. The van der Waals surface area contributed by atoms with Crippen LogP contribution < -0.4 is 0 Å². The van der Waals surface area contributed by atoms with Gasteiger partial charge in [-0.2, -0.15) is 5.10 Å². The number of aryl methyl sites for hydroxylation is 1. The number of halogens is 2. The third-order valence-corrected chi connectivity index (χ3v) is 4.64. The average Bonchev–Trinajstić information content (AvgIpc) is 3.27. The molecule has 0 bridgehead atoms. The van der Waals surface area contributed by atoms with Crippen molar-refractivity contribution in [3.05, 3.63) is 77.4 Å². The molecule has 0 atom stereocenters. The number of nitrogens with zero attached hydrogens (tertiary/aromatic N) is 5. The van der Waals surface area contributed by atoms with Crippen LogP contribution in [-0.4, -0.2) is 32.6 Å². The van der Waals surface area contributed by atoms with Gasteiger partial charge in [-0.05, 0) is 42.8 Å². The minimum atomic E-state index is -0.529. The van der Waals surface area contributed by atoms with E-state index in [9.17, 15) is 8.78 Å². The van der Waals surface area contributed by atoms with Crippen LogP contribution in [0.4, 0.5) is 8.78 Å². The zero-order valence-electron chi connectivity index (χ0n) is 15.6. The van der Waals surface area contributed by atoms with Crippen molar-refractivity contribution in [2.24, 2.45) is 4.99 Å². The zero-order valence-corrected chi connectivity index (χ0v) is 15.6. The Labute approximate surface area is 161 Å². The van der Waals surface area contributed by atoms with E-state index in [2.05, 4.69) is 21.6 Å². The molecule has 0 saturated carbocycles. The van der Waals surface area contributed by atoms with E-state index in [0.717, 1.165) is 52.9 Å². The van der Waals surface area contributed by atoms with Gasteiger partial charge in [-0.15, -0.1) is 0 Å². The molecule has 4 rings (SSSR count). The number of fused-ring (bicyclic) bond motifs is 1. The third kappa shape index (κ3) is 3.19. The van der Waals surface area contributed by atoms with Gasteiger partial charge in [0.2, 0.25) is 0 Å². The lowest BCUT2D eigenvalue weighted by molar-refractivity contribution is 0.583. The first-order valence-electron chi connectivity index (χ1n) is 9.00. The van der Waals surface area contributed by atoms with E-state index in [1.54, 1.807) is 25.5 Å². The lowest BCUT2D eigenvalue weighted by atomic mass is 10.2. The fraction of sp³-hybridized carbons (Fsp3) is 0.190. The van der Waals surface area contributed by atoms with Gasteiger partial charge >= 0.3 is 0 Å². The Hall–Kier alpha value is -3.35. The minimum absolute atomic E-state index is 0.0839. The standard InChI is InChI=1S/C21H19F2N5/c1-3-27-19-7-4-14(13-24-2)10-18(19)26-21(27)12-16-8-9-25-28(16)20-11-15(22)5-6-17(20)23/h4-11,13H,3,12H2,1-2H3. The summed E-state index contributed by atoms with van der Waals surface area (Å²) in [5.41, 5.74) is 3.69. The Morgan fingerprint density at radius 1 is 1.11 bits per heavy atom.